The summed E-state index contributed by atoms with van der Waals surface area (Å²) in [6, 6.07) is 67.5. The first-order valence-corrected chi connectivity index (χ1v) is 17.4. The first kappa shape index (κ1) is 27.5. The third-order valence-electron chi connectivity index (χ3n) is 10.9. The lowest BCUT2D eigenvalue weighted by molar-refractivity contribution is 1.61. The molecule has 0 heteroatoms. The topological polar surface area (TPSA) is 0 Å². The summed E-state index contributed by atoms with van der Waals surface area (Å²) in [4.78, 5) is 0. The standard InChI is InChI=1S/C50H30/c1-2-10-33-27-36(22-19-31(33)9-1)34-11-7-12-35(28-34)37-23-20-32-21-24-38(30-39(32)29-37)40-25-26-47-48-43(40)17-8-18-46(48)49-44-15-5-3-13-41(44)42-14-4-6-16-45(42)50(47)49/h1-30H. The minimum Gasteiger partial charge on any atom is -0.0616 e. The Morgan fingerprint density at radius 2 is 0.680 bits per heavy atom. The van der Waals surface area contributed by atoms with Crippen molar-refractivity contribution >= 4 is 53.9 Å². The molecule has 0 nitrogen and oxygen atoms in total. The first-order chi connectivity index (χ1) is 24.8. The zero-order chi connectivity index (χ0) is 32.8. The van der Waals surface area contributed by atoms with Gasteiger partial charge in [0.1, 0.15) is 0 Å². The van der Waals surface area contributed by atoms with Crippen molar-refractivity contribution in [3.8, 4) is 55.6 Å². The highest BCUT2D eigenvalue weighted by atomic mass is 14.3. The van der Waals surface area contributed by atoms with Gasteiger partial charge in [0.2, 0.25) is 0 Å². The van der Waals surface area contributed by atoms with Crippen LogP contribution in [0.2, 0.25) is 0 Å². The van der Waals surface area contributed by atoms with Gasteiger partial charge in [0, 0.05) is 0 Å². The predicted octanol–water partition coefficient (Wildman–Crippen LogP) is 14.1. The number of benzene rings is 10. The molecule has 1 aliphatic rings. The molecule has 0 heterocycles. The normalized spacial score (nSPS) is 12.0. The number of hydrogen-bond donors (Lipinski definition) is 0. The van der Waals surface area contributed by atoms with Gasteiger partial charge < -0.3 is 0 Å². The van der Waals surface area contributed by atoms with Gasteiger partial charge in [-0.05, 0) is 134 Å². The molecule has 0 aliphatic heterocycles. The molecule has 0 fully saturated rings. The maximum absolute atomic E-state index is 2.38. The van der Waals surface area contributed by atoms with E-state index in [0.29, 0.717) is 0 Å². The third kappa shape index (κ3) is 4.00. The molecule has 0 amide bonds. The summed E-state index contributed by atoms with van der Waals surface area (Å²) in [7, 11) is 0. The van der Waals surface area contributed by atoms with Crippen molar-refractivity contribution in [1.29, 1.82) is 0 Å². The van der Waals surface area contributed by atoms with E-state index in [4.69, 9.17) is 0 Å². The monoisotopic (exact) mass is 630 g/mol. The van der Waals surface area contributed by atoms with E-state index in [0.717, 1.165) is 0 Å². The lowest BCUT2D eigenvalue weighted by Crippen LogP contribution is -1.86. The molecule has 230 valence electrons. The van der Waals surface area contributed by atoms with Gasteiger partial charge in [-0.1, -0.05) is 158 Å². The highest BCUT2D eigenvalue weighted by Gasteiger charge is 2.27. The van der Waals surface area contributed by atoms with E-state index in [9.17, 15) is 0 Å². The van der Waals surface area contributed by atoms with Crippen LogP contribution in [0.15, 0.2) is 182 Å². The molecular weight excluding hydrogens is 601 g/mol. The highest BCUT2D eigenvalue weighted by molar-refractivity contribution is 6.31. The van der Waals surface area contributed by atoms with E-state index in [1.807, 2.05) is 0 Å². The Bertz CT molecular complexity index is 2960. The molecule has 0 N–H and O–H groups in total. The molecule has 0 atom stereocenters. The van der Waals surface area contributed by atoms with Crippen LogP contribution < -0.4 is 0 Å². The van der Waals surface area contributed by atoms with Crippen molar-refractivity contribution in [2.75, 3.05) is 0 Å². The summed E-state index contributed by atoms with van der Waals surface area (Å²) in [5, 5.41) is 13.0. The van der Waals surface area contributed by atoms with E-state index in [1.165, 1.54) is 109 Å². The lowest BCUT2D eigenvalue weighted by Gasteiger charge is -2.13. The van der Waals surface area contributed by atoms with Gasteiger partial charge in [0.15, 0.2) is 0 Å². The van der Waals surface area contributed by atoms with Gasteiger partial charge in [-0.3, -0.25) is 0 Å². The Morgan fingerprint density at radius 3 is 1.38 bits per heavy atom. The van der Waals surface area contributed by atoms with Crippen molar-refractivity contribution in [1.82, 2.24) is 0 Å². The first-order valence-electron chi connectivity index (χ1n) is 17.4. The highest BCUT2D eigenvalue weighted by Crippen LogP contribution is 2.54. The molecule has 50 heavy (non-hydrogen) atoms. The number of rotatable bonds is 3. The fraction of sp³-hybridized carbons (Fsp3) is 0. The fourth-order valence-corrected chi connectivity index (χ4v) is 8.62. The Morgan fingerprint density at radius 1 is 0.220 bits per heavy atom. The third-order valence-corrected chi connectivity index (χ3v) is 10.9. The molecule has 0 aromatic heterocycles. The number of fused-ring (bicyclic) bond motifs is 10. The number of hydrogen-bond acceptors (Lipinski definition) is 0. The Kier molecular flexibility index (Phi) is 5.76. The SMILES string of the molecule is c1cc(-c2ccc3ccccc3c2)cc(-c2ccc3ccc(-c4ccc5c6c(cccc46)-c4c-5c5ccccc5c5ccccc45)cc3c2)c1. The summed E-state index contributed by atoms with van der Waals surface area (Å²) in [5.74, 6) is 0. The van der Waals surface area contributed by atoms with E-state index in [1.54, 1.807) is 0 Å². The summed E-state index contributed by atoms with van der Waals surface area (Å²) < 4.78 is 0. The molecule has 10 aromatic rings. The van der Waals surface area contributed by atoms with Crippen molar-refractivity contribution in [3.05, 3.63) is 182 Å². The smallest absolute Gasteiger partial charge is 0.00137 e. The van der Waals surface area contributed by atoms with Gasteiger partial charge in [-0.25, -0.2) is 0 Å². The van der Waals surface area contributed by atoms with Crippen LogP contribution in [0.5, 0.6) is 0 Å². The van der Waals surface area contributed by atoms with Crippen molar-refractivity contribution in [2.45, 2.75) is 0 Å². The van der Waals surface area contributed by atoms with Crippen molar-refractivity contribution in [3.63, 3.8) is 0 Å². The van der Waals surface area contributed by atoms with Crippen LogP contribution in [0, 0.1) is 0 Å². The summed E-state index contributed by atoms with van der Waals surface area (Å²) in [6.45, 7) is 0. The zero-order valence-electron chi connectivity index (χ0n) is 27.3. The van der Waals surface area contributed by atoms with Crippen LogP contribution in [0.1, 0.15) is 0 Å². The van der Waals surface area contributed by atoms with E-state index in [-0.39, 0.29) is 0 Å². The van der Waals surface area contributed by atoms with E-state index >= 15 is 0 Å². The quantitative estimate of drug-likeness (QED) is 0.170. The zero-order valence-corrected chi connectivity index (χ0v) is 27.3. The molecule has 1 aliphatic carbocycles. The molecule has 10 aromatic carbocycles. The maximum Gasteiger partial charge on any atom is -0.00137 e. The van der Waals surface area contributed by atoms with Crippen LogP contribution in [-0.4, -0.2) is 0 Å². The maximum atomic E-state index is 2.38. The largest absolute Gasteiger partial charge is 0.0616 e. The Labute approximate surface area is 290 Å². The van der Waals surface area contributed by atoms with E-state index < -0.39 is 0 Å². The molecule has 0 saturated heterocycles. The average Bonchev–Trinajstić information content (AvgIpc) is 3.53. The second kappa shape index (κ2) is 10.5. The van der Waals surface area contributed by atoms with Crippen molar-refractivity contribution < 1.29 is 0 Å². The summed E-state index contributed by atoms with van der Waals surface area (Å²) in [5.41, 5.74) is 12.9. The van der Waals surface area contributed by atoms with Gasteiger partial charge in [0.05, 0.1) is 0 Å². The Balaban J connectivity index is 1.04. The summed E-state index contributed by atoms with van der Waals surface area (Å²) >= 11 is 0. The predicted molar refractivity (Wildman–Crippen MR) is 215 cm³/mol. The molecule has 0 spiro atoms. The van der Waals surface area contributed by atoms with Crippen LogP contribution >= 0.6 is 0 Å². The fourth-order valence-electron chi connectivity index (χ4n) is 8.62. The van der Waals surface area contributed by atoms with Gasteiger partial charge in [0.25, 0.3) is 0 Å². The Hall–Kier alpha value is -6.50. The second-order valence-corrected chi connectivity index (χ2v) is 13.6. The second-order valence-electron chi connectivity index (χ2n) is 13.6. The van der Waals surface area contributed by atoms with Crippen LogP contribution in [0.4, 0.5) is 0 Å². The lowest BCUT2D eigenvalue weighted by atomic mass is 9.90. The van der Waals surface area contributed by atoms with Gasteiger partial charge in [-0.2, -0.15) is 0 Å². The summed E-state index contributed by atoms with van der Waals surface area (Å²) in [6.07, 6.45) is 0. The van der Waals surface area contributed by atoms with Crippen LogP contribution in [0.3, 0.4) is 0 Å². The van der Waals surface area contributed by atoms with Gasteiger partial charge >= 0.3 is 0 Å². The van der Waals surface area contributed by atoms with Crippen LogP contribution in [0.25, 0.3) is 109 Å². The minimum atomic E-state index is 1.23. The molecule has 0 radical (unpaired) electrons. The molecule has 0 unspecified atom stereocenters. The van der Waals surface area contributed by atoms with Crippen LogP contribution in [-0.2, 0) is 0 Å². The van der Waals surface area contributed by atoms with Crippen molar-refractivity contribution in [2.24, 2.45) is 0 Å². The molecule has 0 bridgehead atoms. The van der Waals surface area contributed by atoms with E-state index in [2.05, 4.69) is 182 Å². The van der Waals surface area contributed by atoms with Gasteiger partial charge in [-0.15, -0.1) is 0 Å². The molecule has 11 rings (SSSR count). The average molecular weight is 631 g/mol. The molecule has 0 saturated carbocycles. The minimum absolute atomic E-state index is 1.23. The molecular formula is C50H30.